The summed E-state index contributed by atoms with van der Waals surface area (Å²) in [5.41, 5.74) is 5.36. The summed E-state index contributed by atoms with van der Waals surface area (Å²) < 4.78 is 13.4. The number of amides is 1. The van der Waals surface area contributed by atoms with Gasteiger partial charge in [0.15, 0.2) is 0 Å². The van der Waals surface area contributed by atoms with Gasteiger partial charge in [0.25, 0.3) is 5.91 Å². The minimum atomic E-state index is -0.531. The molecular formula is C13H11FN6O2. The van der Waals surface area contributed by atoms with E-state index in [2.05, 4.69) is 25.5 Å². The number of nitrogen functional groups attached to an aromatic ring is 1. The SMILES string of the molecule is Nc1n[nH]c(CNC(=O)c2cc(=O)[nH]c3ccc(F)cc23)n1. The Bertz CT molecular complexity index is 916. The number of carbonyl (C=O) groups excluding carboxylic acids is 1. The Hall–Kier alpha value is -3.23. The lowest BCUT2D eigenvalue weighted by atomic mass is 10.1. The first-order valence-electron chi connectivity index (χ1n) is 6.30. The first-order chi connectivity index (χ1) is 10.5. The van der Waals surface area contributed by atoms with E-state index in [1.54, 1.807) is 0 Å². The van der Waals surface area contributed by atoms with Gasteiger partial charge in [0, 0.05) is 17.0 Å². The molecule has 1 amide bonds. The van der Waals surface area contributed by atoms with Crippen molar-refractivity contribution in [2.24, 2.45) is 0 Å². The van der Waals surface area contributed by atoms with Crippen molar-refractivity contribution in [2.45, 2.75) is 6.54 Å². The van der Waals surface area contributed by atoms with Crippen molar-refractivity contribution in [1.29, 1.82) is 0 Å². The quantitative estimate of drug-likeness (QED) is 0.553. The van der Waals surface area contributed by atoms with E-state index in [1.165, 1.54) is 18.2 Å². The highest BCUT2D eigenvalue weighted by Gasteiger charge is 2.13. The molecule has 0 unspecified atom stereocenters. The number of hydrogen-bond donors (Lipinski definition) is 4. The molecule has 2 aromatic heterocycles. The van der Waals surface area contributed by atoms with E-state index in [-0.39, 0.29) is 18.1 Å². The van der Waals surface area contributed by atoms with E-state index in [1.807, 2.05) is 0 Å². The number of aromatic nitrogens is 4. The van der Waals surface area contributed by atoms with Crippen molar-refractivity contribution in [3.63, 3.8) is 0 Å². The fourth-order valence-electron chi connectivity index (χ4n) is 2.06. The van der Waals surface area contributed by atoms with Crippen LogP contribution >= 0.6 is 0 Å². The van der Waals surface area contributed by atoms with Crippen LogP contribution in [0.2, 0.25) is 0 Å². The molecule has 0 atom stereocenters. The van der Waals surface area contributed by atoms with Gasteiger partial charge in [-0.05, 0) is 18.2 Å². The summed E-state index contributed by atoms with van der Waals surface area (Å²) in [4.78, 5) is 30.2. The zero-order valence-electron chi connectivity index (χ0n) is 11.2. The molecule has 0 bridgehead atoms. The Balaban J connectivity index is 1.92. The van der Waals surface area contributed by atoms with Crippen LogP contribution in [-0.4, -0.2) is 26.1 Å². The van der Waals surface area contributed by atoms with Gasteiger partial charge in [-0.25, -0.2) is 4.39 Å². The molecule has 2 heterocycles. The van der Waals surface area contributed by atoms with Crippen LogP contribution in [0.5, 0.6) is 0 Å². The number of H-pyrrole nitrogens is 2. The van der Waals surface area contributed by atoms with Crippen molar-refractivity contribution in [3.8, 4) is 0 Å². The largest absolute Gasteiger partial charge is 0.367 e. The number of nitrogens with two attached hydrogens (primary N) is 1. The van der Waals surface area contributed by atoms with Gasteiger partial charge in [0.05, 0.1) is 12.1 Å². The van der Waals surface area contributed by atoms with Crippen LogP contribution in [0, 0.1) is 5.82 Å². The van der Waals surface area contributed by atoms with Gasteiger partial charge in [0.1, 0.15) is 11.6 Å². The molecule has 3 aromatic rings. The van der Waals surface area contributed by atoms with E-state index < -0.39 is 17.3 Å². The molecule has 0 saturated carbocycles. The fraction of sp³-hybridized carbons (Fsp3) is 0.0769. The number of nitrogens with zero attached hydrogens (tertiary/aromatic N) is 2. The number of aromatic amines is 2. The van der Waals surface area contributed by atoms with Crippen LogP contribution in [0.3, 0.4) is 0 Å². The van der Waals surface area contributed by atoms with Crippen LogP contribution in [0.4, 0.5) is 10.3 Å². The molecule has 9 heteroatoms. The lowest BCUT2D eigenvalue weighted by Crippen LogP contribution is -2.25. The molecule has 8 nitrogen and oxygen atoms in total. The summed E-state index contributed by atoms with van der Waals surface area (Å²) in [6.45, 7) is 0.0483. The van der Waals surface area contributed by atoms with Crippen LogP contribution in [0.1, 0.15) is 16.2 Å². The van der Waals surface area contributed by atoms with Gasteiger partial charge < -0.3 is 16.0 Å². The van der Waals surface area contributed by atoms with E-state index >= 15 is 0 Å². The minimum Gasteiger partial charge on any atom is -0.367 e. The van der Waals surface area contributed by atoms with Crippen molar-refractivity contribution in [3.05, 3.63) is 51.8 Å². The summed E-state index contributed by atoms with van der Waals surface area (Å²) in [6, 6.07) is 4.91. The van der Waals surface area contributed by atoms with Crippen molar-refractivity contribution in [2.75, 3.05) is 5.73 Å². The maximum absolute atomic E-state index is 13.4. The second-order valence-corrected chi connectivity index (χ2v) is 4.56. The van der Waals surface area contributed by atoms with Crippen LogP contribution in [0.25, 0.3) is 10.9 Å². The first kappa shape index (κ1) is 13.7. The van der Waals surface area contributed by atoms with Crippen molar-refractivity contribution >= 4 is 22.8 Å². The Kier molecular flexibility index (Phi) is 3.30. The predicted octanol–water partition coefficient (Wildman–Crippen LogP) is 0.297. The molecule has 0 aliphatic rings. The number of fused-ring (bicyclic) bond motifs is 1. The van der Waals surface area contributed by atoms with Gasteiger partial charge in [-0.2, -0.15) is 4.98 Å². The number of nitrogens with one attached hydrogen (secondary N) is 3. The third-order valence-corrected chi connectivity index (χ3v) is 3.02. The molecule has 0 saturated heterocycles. The molecule has 22 heavy (non-hydrogen) atoms. The molecule has 0 fully saturated rings. The summed E-state index contributed by atoms with van der Waals surface area (Å²) in [5, 5.41) is 9.05. The van der Waals surface area contributed by atoms with E-state index in [0.29, 0.717) is 16.7 Å². The summed E-state index contributed by atoms with van der Waals surface area (Å²) in [6.07, 6.45) is 0. The third kappa shape index (κ3) is 2.64. The van der Waals surface area contributed by atoms with E-state index in [0.717, 1.165) is 6.07 Å². The van der Waals surface area contributed by atoms with Crippen LogP contribution in [-0.2, 0) is 6.54 Å². The van der Waals surface area contributed by atoms with Crippen LogP contribution in [0.15, 0.2) is 29.1 Å². The smallest absolute Gasteiger partial charge is 0.252 e. The number of benzene rings is 1. The van der Waals surface area contributed by atoms with Crippen LogP contribution < -0.4 is 16.6 Å². The molecule has 1 aromatic carbocycles. The number of pyridine rings is 1. The third-order valence-electron chi connectivity index (χ3n) is 3.02. The summed E-state index contributed by atoms with van der Waals surface area (Å²) in [5.74, 6) is -0.604. The molecule has 3 rings (SSSR count). The highest BCUT2D eigenvalue weighted by atomic mass is 19.1. The molecule has 5 N–H and O–H groups in total. The molecule has 0 spiro atoms. The first-order valence-corrected chi connectivity index (χ1v) is 6.30. The molecule has 0 aliphatic carbocycles. The number of hydrogen-bond acceptors (Lipinski definition) is 5. The van der Waals surface area contributed by atoms with Gasteiger partial charge in [-0.1, -0.05) is 0 Å². The Morgan fingerprint density at radius 1 is 1.36 bits per heavy atom. The fourth-order valence-corrected chi connectivity index (χ4v) is 2.06. The van der Waals surface area contributed by atoms with Crippen molar-refractivity contribution < 1.29 is 9.18 Å². The summed E-state index contributed by atoms with van der Waals surface area (Å²) in [7, 11) is 0. The number of halogens is 1. The zero-order valence-corrected chi connectivity index (χ0v) is 11.2. The monoisotopic (exact) mass is 302 g/mol. The van der Waals surface area contributed by atoms with Gasteiger partial charge in [-0.15, -0.1) is 5.10 Å². The molecule has 0 aliphatic heterocycles. The standard InChI is InChI=1S/C13H11FN6O2/c14-6-1-2-9-7(3-6)8(4-11(21)17-9)12(22)16-5-10-18-13(15)20-19-10/h1-4H,5H2,(H,16,22)(H,17,21)(H3,15,18,19,20). The Labute approximate surface area is 122 Å². The van der Waals surface area contributed by atoms with E-state index in [4.69, 9.17) is 5.73 Å². The molecular weight excluding hydrogens is 291 g/mol. The predicted molar refractivity (Wildman–Crippen MR) is 76.5 cm³/mol. The average Bonchev–Trinajstić information content (AvgIpc) is 2.90. The zero-order chi connectivity index (χ0) is 15.7. The highest BCUT2D eigenvalue weighted by molar-refractivity contribution is 6.05. The highest BCUT2D eigenvalue weighted by Crippen LogP contribution is 2.16. The molecule has 112 valence electrons. The lowest BCUT2D eigenvalue weighted by Gasteiger charge is -2.06. The average molecular weight is 302 g/mol. The second kappa shape index (κ2) is 5.28. The second-order valence-electron chi connectivity index (χ2n) is 4.56. The normalized spacial score (nSPS) is 10.8. The number of anilines is 1. The maximum atomic E-state index is 13.4. The lowest BCUT2D eigenvalue weighted by molar-refractivity contribution is 0.0951. The van der Waals surface area contributed by atoms with E-state index in [9.17, 15) is 14.0 Å². The van der Waals surface area contributed by atoms with Gasteiger partial charge >= 0.3 is 0 Å². The Morgan fingerprint density at radius 2 is 2.18 bits per heavy atom. The van der Waals surface area contributed by atoms with Gasteiger partial charge in [0.2, 0.25) is 11.5 Å². The minimum absolute atomic E-state index is 0.0483. The summed E-state index contributed by atoms with van der Waals surface area (Å²) >= 11 is 0. The van der Waals surface area contributed by atoms with Gasteiger partial charge in [-0.3, -0.25) is 14.7 Å². The van der Waals surface area contributed by atoms with Crippen molar-refractivity contribution in [1.82, 2.24) is 25.5 Å². The number of carbonyl (C=O) groups is 1. The topological polar surface area (TPSA) is 130 Å². The number of rotatable bonds is 3. The maximum Gasteiger partial charge on any atom is 0.252 e. The Morgan fingerprint density at radius 3 is 2.91 bits per heavy atom. The molecule has 0 radical (unpaired) electrons.